The van der Waals surface area contributed by atoms with E-state index in [0.29, 0.717) is 17.5 Å². The topological polar surface area (TPSA) is 44.1 Å². The van der Waals surface area contributed by atoms with Gasteiger partial charge < -0.3 is 4.74 Å². The van der Waals surface area contributed by atoms with Crippen LogP contribution in [0.5, 0.6) is 5.75 Å². The fourth-order valence-corrected chi connectivity index (χ4v) is 5.22. The van der Waals surface area contributed by atoms with Crippen molar-refractivity contribution in [3.8, 4) is 11.4 Å². The minimum atomic E-state index is -0.00834. The molecule has 2 heterocycles. The number of nitrogens with zero attached hydrogens (tertiary/aromatic N) is 2. The third-order valence-corrected chi connectivity index (χ3v) is 7.11. The van der Waals surface area contributed by atoms with Gasteiger partial charge in [0.2, 0.25) is 0 Å². The highest BCUT2D eigenvalue weighted by Gasteiger charge is 2.18. The summed E-state index contributed by atoms with van der Waals surface area (Å²) in [4.78, 5) is 20.2. The van der Waals surface area contributed by atoms with Crippen molar-refractivity contribution in [1.29, 1.82) is 0 Å². The van der Waals surface area contributed by atoms with E-state index in [2.05, 4.69) is 25.1 Å². The predicted molar refractivity (Wildman–Crippen MR) is 127 cm³/mol. The van der Waals surface area contributed by atoms with Crippen molar-refractivity contribution in [3.63, 3.8) is 0 Å². The van der Waals surface area contributed by atoms with Crippen LogP contribution in [0.25, 0.3) is 15.9 Å². The Kier molecular flexibility index (Phi) is 5.97. The summed E-state index contributed by atoms with van der Waals surface area (Å²) >= 11 is 3.13. The molecular formula is C24H24N2O2S2. The quantitative estimate of drug-likeness (QED) is 0.216. The number of fused-ring (bicyclic) bond motifs is 1. The smallest absolute Gasteiger partial charge is 0.267 e. The van der Waals surface area contributed by atoms with E-state index in [4.69, 9.17) is 9.72 Å². The number of aryl methyl sites for hydroxylation is 4. The second kappa shape index (κ2) is 8.66. The van der Waals surface area contributed by atoms with Gasteiger partial charge in [-0.2, -0.15) is 0 Å². The largest absolute Gasteiger partial charge is 0.492 e. The standard InChI is InChI=1S/C24H24N2O2S2/c1-15-10-11-16(2)20(14-15)28-12-13-29-24-25-22-21(17(3)18(4)30-22)23(27)26(24)19-8-6-5-7-9-19/h5-11,14H,12-13H2,1-4H3. The van der Waals surface area contributed by atoms with Crippen LogP contribution >= 0.6 is 23.1 Å². The highest BCUT2D eigenvalue weighted by molar-refractivity contribution is 7.99. The lowest BCUT2D eigenvalue weighted by Gasteiger charge is -2.13. The summed E-state index contributed by atoms with van der Waals surface area (Å²) < 4.78 is 7.72. The number of aromatic nitrogens is 2. The first-order chi connectivity index (χ1) is 14.5. The zero-order valence-electron chi connectivity index (χ0n) is 17.6. The summed E-state index contributed by atoms with van der Waals surface area (Å²) in [5, 5.41) is 1.42. The van der Waals surface area contributed by atoms with Crippen molar-refractivity contribution in [3.05, 3.63) is 80.5 Å². The van der Waals surface area contributed by atoms with Crippen LogP contribution in [0, 0.1) is 27.7 Å². The molecule has 154 valence electrons. The molecule has 4 rings (SSSR count). The van der Waals surface area contributed by atoms with Crippen LogP contribution in [-0.2, 0) is 0 Å². The fraction of sp³-hybridized carbons (Fsp3) is 0.250. The number of hydrogen-bond donors (Lipinski definition) is 0. The Balaban J connectivity index is 1.64. The molecule has 4 nitrogen and oxygen atoms in total. The average molecular weight is 437 g/mol. The first-order valence-corrected chi connectivity index (χ1v) is 11.7. The molecule has 0 unspecified atom stereocenters. The van der Waals surface area contributed by atoms with Crippen molar-refractivity contribution in [2.75, 3.05) is 12.4 Å². The van der Waals surface area contributed by atoms with Gasteiger partial charge in [0.1, 0.15) is 10.6 Å². The molecule has 0 N–H and O–H groups in total. The molecule has 0 saturated carbocycles. The lowest BCUT2D eigenvalue weighted by Crippen LogP contribution is -2.22. The first-order valence-electron chi connectivity index (χ1n) is 9.86. The van der Waals surface area contributed by atoms with E-state index < -0.39 is 0 Å². The van der Waals surface area contributed by atoms with Crippen LogP contribution in [0.2, 0.25) is 0 Å². The second-order valence-corrected chi connectivity index (χ2v) is 9.57. The molecule has 0 aliphatic rings. The summed E-state index contributed by atoms with van der Waals surface area (Å²) in [6, 6.07) is 15.9. The van der Waals surface area contributed by atoms with Gasteiger partial charge in [-0.3, -0.25) is 9.36 Å². The third-order valence-electron chi connectivity index (χ3n) is 5.10. The van der Waals surface area contributed by atoms with Gasteiger partial charge in [-0.1, -0.05) is 42.1 Å². The highest BCUT2D eigenvalue weighted by Crippen LogP contribution is 2.29. The molecule has 6 heteroatoms. The van der Waals surface area contributed by atoms with Gasteiger partial charge in [-0.05, 0) is 62.6 Å². The van der Waals surface area contributed by atoms with Crippen molar-refractivity contribution in [2.24, 2.45) is 0 Å². The number of thioether (sulfide) groups is 1. The van der Waals surface area contributed by atoms with E-state index in [-0.39, 0.29) is 5.56 Å². The van der Waals surface area contributed by atoms with E-state index in [1.165, 1.54) is 5.56 Å². The molecule has 2 aromatic carbocycles. The van der Waals surface area contributed by atoms with Gasteiger partial charge in [0.25, 0.3) is 5.56 Å². The summed E-state index contributed by atoms with van der Waals surface area (Å²) in [6.07, 6.45) is 0. The molecule has 0 amide bonds. The van der Waals surface area contributed by atoms with E-state index in [9.17, 15) is 4.79 Å². The normalized spacial score (nSPS) is 11.2. The summed E-state index contributed by atoms with van der Waals surface area (Å²) in [6.45, 7) is 8.69. The Labute approximate surface area is 184 Å². The van der Waals surface area contributed by atoms with Gasteiger partial charge in [0.15, 0.2) is 5.16 Å². The predicted octanol–water partition coefficient (Wildman–Crippen LogP) is 5.85. The average Bonchev–Trinajstić information content (AvgIpc) is 3.02. The summed E-state index contributed by atoms with van der Waals surface area (Å²) in [5.41, 5.74) is 4.14. The van der Waals surface area contributed by atoms with Crippen LogP contribution in [0.15, 0.2) is 58.5 Å². The number of ether oxygens (including phenoxy) is 1. The van der Waals surface area contributed by atoms with Gasteiger partial charge in [-0.25, -0.2) is 4.98 Å². The SMILES string of the molecule is Cc1ccc(C)c(OCCSc2nc3sc(C)c(C)c3c(=O)n2-c2ccccc2)c1. The van der Waals surface area contributed by atoms with Crippen molar-refractivity contribution < 1.29 is 4.74 Å². The van der Waals surface area contributed by atoms with Crippen LogP contribution in [0.3, 0.4) is 0 Å². The molecular weight excluding hydrogens is 412 g/mol. The van der Waals surface area contributed by atoms with Crippen LogP contribution in [-0.4, -0.2) is 21.9 Å². The molecule has 0 fully saturated rings. The zero-order chi connectivity index (χ0) is 21.3. The highest BCUT2D eigenvalue weighted by atomic mass is 32.2. The maximum atomic E-state index is 13.4. The minimum Gasteiger partial charge on any atom is -0.492 e. The minimum absolute atomic E-state index is 0.00834. The maximum Gasteiger partial charge on any atom is 0.267 e. The van der Waals surface area contributed by atoms with Crippen molar-refractivity contribution >= 4 is 33.3 Å². The monoisotopic (exact) mass is 436 g/mol. The Morgan fingerprint density at radius 1 is 1.07 bits per heavy atom. The van der Waals surface area contributed by atoms with Crippen LogP contribution < -0.4 is 10.3 Å². The van der Waals surface area contributed by atoms with Gasteiger partial charge in [0, 0.05) is 10.6 Å². The van der Waals surface area contributed by atoms with E-state index >= 15 is 0 Å². The van der Waals surface area contributed by atoms with Gasteiger partial charge in [-0.15, -0.1) is 11.3 Å². The number of para-hydroxylation sites is 1. The Morgan fingerprint density at radius 2 is 1.83 bits per heavy atom. The molecule has 2 aromatic heterocycles. The van der Waals surface area contributed by atoms with Crippen molar-refractivity contribution in [1.82, 2.24) is 9.55 Å². The first kappa shape index (κ1) is 20.7. The molecule has 0 atom stereocenters. The number of rotatable bonds is 6. The Morgan fingerprint density at radius 3 is 2.60 bits per heavy atom. The van der Waals surface area contributed by atoms with E-state index in [1.807, 2.05) is 51.1 Å². The van der Waals surface area contributed by atoms with Crippen LogP contribution in [0.4, 0.5) is 0 Å². The summed E-state index contributed by atoms with van der Waals surface area (Å²) in [5.74, 6) is 1.60. The molecule has 0 aliphatic carbocycles. The maximum absolute atomic E-state index is 13.4. The van der Waals surface area contributed by atoms with Crippen molar-refractivity contribution in [2.45, 2.75) is 32.9 Å². The molecule has 0 radical (unpaired) electrons. The molecule has 0 bridgehead atoms. The zero-order valence-corrected chi connectivity index (χ0v) is 19.2. The second-order valence-electron chi connectivity index (χ2n) is 7.30. The lowest BCUT2D eigenvalue weighted by atomic mass is 10.1. The number of benzene rings is 2. The molecule has 0 saturated heterocycles. The van der Waals surface area contributed by atoms with E-state index in [0.717, 1.165) is 37.7 Å². The Hall–Kier alpha value is -2.57. The van der Waals surface area contributed by atoms with Gasteiger partial charge >= 0.3 is 0 Å². The third kappa shape index (κ3) is 4.02. The molecule has 0 spiro atoms. The lowest BCUT2D eigenvalue weighted by molar-refractivity contribution is 0.341. The van der Waals surface area contributed by atoms with Gasteiger partial charge in [0.05, 0.1) is 17.7 Å². The van der Waals surface area contributed by atoms with Crippen LogP contribution in [0.1, 0.15) is 21.6 Å². The fourth-order valence-electron chi connectivity index (χ4n) is 3.32. The molecule has 30 heavy (non-hydrogen) atoms. The van der Waals surface area contributed by atoms with E-state index in [1.54, 1.807) is 27.7 Å². The number of hydrogen-bond acceptors (Lipinski definition) is 5. The number of thiophene rings is 1. The Bertz CT molecular complexity index is 1260. The molecule has 0 aliphatic heterocycles. The molecule has 4 aromatic rings. The summed E-state index contributed by atoms with van der Waals surface area (Å²) in [7, 11) is 0.